The first-order chi connectivity index (χ1) is 15.0. The van der Waals surface area contributed by atoms with Crippen molar-refractivity contribution in [2.45, 2.75) is 39.0 Å². The first-order valence-corrected chi connectivity index (χ1v) is 11.0. The molecule has 0 saturated carbocycles. The van der Waals surface area contributed by atoms with Crippen LogP contribution in [0.5, 0.6) is 0 Å². The quantitative estimate of drug-likeness (QED) is 0.576. The molecule has 0 radical (unpaired) electrons. The smallest absolute Gasteiger partial charge is 0.324 e. The summed E-state index contributed by atoms with van der Waals surface area (Å²) in [5.74, 6) is 0.535. The largest absolute Gasteiger partial charge is 0.369 e. The Labute approximate surface area is 182 Å². The molecule has 2 N–H and O–H groups in total. The molecule has 11 heteroatoms. The average molecular weight is 448 g/mol. The van der Waals surface area contributed by atoms with Crippen LogP contribution in [-0.2, 0) is 0 Å². The topological polar surface area (TPSA) is 95.9 Å². The van der Waals surface area contributed by atoms with E-state index in [9.17, 15) is 13.6 Å². The predicted molar refractivity (Wildman–Crippen MR) is 117 cm³/mol. The number of piperidine rings is 1. The van der Waals surface area contributed by atoms with Gasteiger partial charge in [-0.3, -0.25) is 5.32 Å². The molecule has 1 aromatic carbocycles. The van der Waals surface area contributed by atoms with Crippen LogP contribution in [0.4, 0.5) is 25.3 Å². The highest BCUT2D eigenvalue weighted by Gasteiger charge is 2.19. The zero-order valence-corrected chi connectivity index (χ0v) is 17.9. The molecular weight excluding hydrogens is 424 g/mol. The number of nitrogens with zero attached hydrogens (tertiary/aromatic N) is 5. The fourth-order valence-electron chi connectivity index (χ4n) is 3.44. The Balaban J connectivity index is 1.65. The molecule has 2 amide bonds. The van der Waals surface area contributed by atoms with Gasteiger partial charge in [0.15, 0.2) is 0 Å². The van der Waals surface area contributed by atoms with Crippen molar-refractivity contribution in [3.05, 3.63) is 23.2 Å². The van der Waals surface area contributed by atoms with Crippen LogP contribution in [0, 0.1) is 6.92 Å². The van der Waals surface area contributed by atoms with Crippen molar-refractivity contribution >= 4 is 40.0 Å². The second-order valence-electron chi connectivity index (χ2n) is 7.34. The lowest BCUT2D eigenvalue weighted by Gasteiger charge is -2.26. The van der Waals surface area contributed by atoms with Crippen molar-refractivity contribution in [2.75, 3.05) is 30.3 Å². The summed E-state index contributed by atoms with van der Waals surface area (Å²) in [5, 5.41) is 16.2. The molecule has 0 spiro atoms. The fourth-order valence-corrected chi connectivity index (χ4v) is 4.13. The summed E-state index contributed by atoms with van der Waals surface area (Å²) < 4.78 is 25.2. The van der Waals surface area contributed by atoms with Crippen molar-refractivity contribution < 1.29 is 13.6 Å². The number of carbonyl (C=O) groups is 1. The summed E-state index contributed by atoms with van der Waals surface area (Å²) in [6.07, 6.45) is 0.339. The fraction of sp³-hybridized carbons (Fsp3) is 0.450. The molecule has 4 rings (SSSR count). The number of urea groups is 1. The number of amides is 2. The van der Waals surface area contributed by atoms with E-state index in [2.05, 4.69) is 30.8 Å². The number of fused-ring (bicyclic) bond motifs is 1. The Hall–Kier alpha value is -2.95. The van der Waals surface area contributed by atoms with Crippen molar-refractivity contribution in [1.82, 2.24) is 25.1 Å². The van der Waals surface area contributed by atoms with Crippen LogP contribution in [0.15, 0.2) is 18.2 Å². The van der Waals surface area contributed by atoms with E-state index >= 15 is 0 Å². The maximum Gasteiger partial charge on any atom is 0.324 e. The maximum atomic E-state index is 12.6. The van der Waals surface area contributed by atoms with Gasteiger partial charge >= 0.3 is 6.03 Å². The van der Waals surface area contributed by atoms with E-state index in [1.165, 1.54) is 11.3 Å². The van der Waals surface area contributed by atoms with Gasteiger partial charge in [0.25, 0.3) is 0 Å². The molecule has 8 nitrogen and oxygen atoms in total. The lowest BCUT2D eigenvalue weighted by molar-refractivity contribution is 0.142. The summed E-state index contributed by atoms with van der Waals surface area (Å²) in [7, 11) is 0. The second-order valence-corrected chi connectivity index (χ2v) is 8.52. The number of anilines is 2. The van der Waals surface area contributed by atoms with E-state index < -0.39 is 6.43 Å². The lowest BCUT2D eigenvalue weighted by atomic mass is 10.1. The van der Waals surface area contributed by atoms with E-state index in [1.807, 2.05) is 25.1 Å². The van der Waals surface area contributed by atoms with E-state index in [0.29, 0.717) is 29.8 Å². The van der Waals surface area contributed by atoms with Gasteiger partial charge in [-0.15, -0.1) is 10.2 Å². The number of rotatable bonds is 6. The third-order valence-corrected chi connectivity index (χ3v) is 5.87. The van der Waals surface area contributed by atoms with Crippen molar-refractivity contribution in [3.8, 4) is 10.6 Å². The van der Waals surface area contributed by atoms with E-state index in [0.717, 1.165) is 34.8 Å². The third kappa shape index (κ3) is 5.22. The molecular formula is C20H23F2N7OS. The number of hydrogen-bond donors (Lipinski definition) is 2. The number of nitrogens with one attached hydrogen (secondary N) is 2. The van der Waals surface area contributed by atoms with Gasteiger partial charge < -0.3 is 10.2 Å². The van der Waals surface area contributed by atoms with Gasteiger partial charge in [0, 0.05) is 37.0 Å². The van der Waals surface area contributed by atoms with Crippen molar-refractivity contribution in [2.24, 2.45) is 0 Å². The first-order valence-electron chi connectivity index (χ1n) is 10.2. The lowest BCUT2D eigenvalue weighted by Crippen LogP contribution is -2.39. The van der Waals surface area contributed by atoms with Crippen LogP contribution in [0.3, 0.4) is 0 Å². The molecule has 1 fully saturated rings. The van der Waals surface area contributed by atoms with E-state index in [-0.39, 0.29) is 24.9 Å². The zero-order valence-electron chi connectivity index (χ0n) is 17.1. The van der Waals surface area contributed by atoms with E-state index in [1.54, 1.807) is 4.90 Å². The van der Waals surface area contributed by atoms with Gasteiger partial charge in [-0.25, -0.2) is 18.6 Å². The van der Waals surface area contributed by atoms with Crippen molar-refractivity contribution in [1.29, 1.82) is 0 Å². The summed E-state index contributed by atoms with van der Waals surface area (Å²) in [4.78, 5) is 23.2. The second kappa shape index (κ2) is 9.46. The minimum atomic E-state index is -2.41. The van der Waals surface area contributed by atoms with E-state index in [4.69, 9.17) is 0 Å². The van der Waals surface area contributed by atoms with Gasteiger partial charge in [0.05, 0.1) is 5.52 Å². The molecule has 31 heavy (non-hydrogen) atoms. The van der Waals surface area contributed by atoms with Gasteiger partial charge in [-0.2, -0.15) is 4.98 Å². The molecule has 1 saturated heterocycles. The number of aromatic nitrogens is 4. The Bertz CT molecular complexity index is 1070. The monoisotopic (exact) mass is 447 g/mol. The number of benzene rings is 1. The highest BCUT2D eigenvalue weighted by Crippen LogP contribution is 2.29. The maximum absolute atomic E-state index is 12.6. The number of aryl methyl sites for hydroxylation is 1. The number of halogens is 2. The normalized spacial score (nSPS) is 14.3. The number of hydrogen-bond acceptors (Lipinski definition) is 7. The molecule has 0 unspecified atom stereocenters. The van der Waals surface area contributed by atoms with Crippen LogP contribution in [-0.4, -0.2) is 57.2 Å². The molecule has 1 aliphatic rings. The van der Waals surface area contributed by atoms with Crippen LogP contribution in [0.25, 0.3) is 21.5 Å². The Morgan fingerprint density at radius 2 is 2.00 bits per heavy atom. The van der Waals surface area contributed by atoms with Crippen LogP contribution < -0.4 is 10.6 Å². The van der Waals surface area contributed by atoms with Gasteiger partial charge in [-0.05, 0) is 38.3 Å². The summed E-state index contributed by atoms with van der Waals surface area (Å²) in [5.41, 5.74) is 1.41. The molecule has 0 atom stereocenters. The minimum absolute atomic E-state index is 0.0562. The SMILES string of the molecule is Cc1nnc(-c2ccc3c(NCCC(F)F)nc(NC(=O)N4CCCCC4)nc3c2)s1. The predicted octanol–water partition coefficient (Wildman–Crippen LogP) is 4.54. The molecule has 0 bridgehead atoms. The van der Waals surface area contributed by atoms with Crippen LogP contribution in [0.2, 0.25) is 0 Å². The first kappa shape index (κ1) is 21.3. The Morgan fingerprint density at radius 3 is 2.71 bits per heavy atom. The minimum Gasteiger partial charge on any atom is -0.369 e. The molecule has 0 aliphatic carbocycles. The average Bonchev–Trinajstić information content (AvgIpc) is 3.20. The molecule has 3 aromatic rings. The van der Waals surface area contributed by atoms with Gasteiger partial charge in [-0.1, -0.05) is 17.4 Å². The molecule has 2 aromatic heterocycles. The number of carbonyl (C=O) groups excluding carboxylic acids is 1. The molecule has 3 heterocycles. The van der Waals surface area contributed by atoms with Crippen molar-refractivity contribution in [3.63, 3.8) is 0 Å². The van der Waals surface area contributed by atoms with Gasteiger partial charge in [0.1, 0.15) is 15.8 Å². The number of alkyl halides is 2. The zero-order chi connectivity index (χ0) is 21.8. The summed E-state index contributed by atoms with van der Waals surface area (Å²) in [6, 6.07) is 5.28. The van der Waals surface area contributed by atoms with Gasteiger partial charge in [0.2, 0.25) is 12.4 Å². The highest BCUT2D eigenvalue weighted by atomic mass is 32.1. The Morgan fingerprint density at radius 1 is 1.19 bits per heavy atom. The molecule has 1 aliphatic heterocycles. The summed E-state index contributed by atoms with van der Waals surface area (Å²) >= 11 is 1.46. The summed E-state index contributed by atoms with van der Waals surface area (Å²) in [6.45, 7) is 3.32. The van der Waals surface area contributed by atoms with Crippen LogP contribution >= 0.6 is 11.3 Å². The highest BCUT2D eigenvalue weighted by molar-refractivity contribution is 7.14. The van der Waals surface area contributed by atoms with Crippen LogP contribution in [0.1, 0.15) is 30.7 Å². The third-order valence-electron chi connectivity index (χ3n) is 4.99. The number of likely N-dealkylation sites (tertiary alicyclic amines) is 1. The standard InChI is InChI=1S/C20H23F2N7OS/c1-12-27-28-18(31-12)13-5-6-14-15(11-13)24-19(25-17(14)23-8-7-16(21)22)26-20(30)29-9-3-2-4-10-29/h5-6,11,16H,2-4,7-10H2,1H3,(H2,23,24,25,26,30). The Kier molecular flexibility index (Phi) is 6.50. The molecule has 164 valence electrons.